The summed E-state index contributed by atoms with van der Waals surface area (Å²) in [6, 6.07) is 1.57. The molecular formula is C14H30N2. The van der Waals surface area contributed by atoms with Gasteiger partial charge in [-0.05, 0) is 44.7 Å². The van der Waals surface area contributed by atoms with Crippen LogP contribution in [0.5, 0.6) is 0 Å². The van der Waals surface area contributed by atoms with Crippen molar-refractivity contribution in [2.75, 3.05) is 19.6 Å². The third kappa shape index (κ3) is 3.74. The average Bonchev–Trinajstić information content (AvgIpc) is 2.29. The Bertz CT molecular complexity index is 178. The summed E-state index contributed by atoms with van der Waals surface area (Å²) in [5.41, 5.74) is 0. The van der Waals surface area contributed by atoms with Crippen molar-refractivity contribution in [1.82, 2.24) is 10.2 Å². The van der Waals surface area contributed by atoms with E-state index in [9.17, 15) is 0 Å². The molecule has 1 heterocycles. The van der Waals surface area contributed by atoms with E-state index >= 15 is 0 Å². The molecule has 0 saturated carbocycles. The van der Waals surface area contributed by atoms with Crippen LogP contribution in [0.25, 0.3) is 0 Å². The topological polar surface area (TPSA) is 15.3 Å². The lowest BCUT2D eigenvalue weighted by molar-refractivity contribution is 0.0990. The summed E-state index contributed by atoms with van der Waals surface area (Å²) >= 11 is 0. The first-order chi connectivity index (χ1) is 7.72. The highest BCUT2D eigenvalue weighted by Crippen LogP contribution is 2.21. The van der Waals surface area contributed by atoms with Crippen molar-refractivity contribution >= 4 is 0 Å². The zero-order valence-corrected chi connectivity index (χ0v) is 11.6. The number of hydrogen-bond donors (Lipinski definition) is 1. The minimum absolute atomic E-state index is 0.755. The largest absolute Gasteiger partial charge is 0.314 e. The molecule has 0 aromatic rings. The second-order valence-electron chi connectivity index (χ2n) is 5.29. The molecule has 0 bridgehead atoms. The van der Waals surface area contributed by atoms with Crippen molar-refractivity contribution < 1.29 is 0 Å². The highest BCUT2D eigenvalue weighted by molar-refractivity contribution is 4.85. The Morgan fingerprint density at radius 1 is 1.25 bits per heavy atom. The van der Waals surface area contributed by atoms with Crippen molar-refractivity contribution in [2.24, 2.45) is 5.92 Å². The molecule has 0 aromatic heterocycles. The molecule has 0 aliphatic carbocycles. The molecule has 1 aliphatic rings. The second kappa shape index (κ2) is 7.29. The van der Waals surface area contributed by atoms with E-state index in [1.807, 2.05) is 0 Å². The average molecular weight is 226 g/mol. The minimum atomic E-state index is 0.755. The zero-order chi connectivity index (χ0) is 12.0. The summed E-state index contributed by atoms with van der Waals surface area (Å²) in [7, 11) is 0. The standard InChI is InChI=1S/C14H30N2/c1-5-9-15-14-8-10-16(11-12(14)4)13(6-2)7-3/h12-15H,5-11H2,1-4H3. The Balaban J connectivity index is 2.38. The van der Waals surface area contributed by atoms with Gasteiger partial charge in [-0.2, -0.15) is 0 Å². The Labute approximate surface area is 102 Å². The number of hydrogen-bond acceptors (Lipinski definition) is 2. The van der Waals surface area contributed by atoms with Crippen LogP contribution >= 0.6 is 0 Å². The number of rotatable bonds is 6. The van der Waals surface area contributed by atoms with Gasteiger partial charge in [-0.15, -0.1) is 0 Å². The van der Waals surface area contributed by atoms with Crippen LogP contribution in [0.2, 0.25) is 0 Å². The molecule has 1 N–H and O–H groups in total. The first kappa shape index (κ1) is 14.0. The van der Waals surface area contributed by atoms with Gasteiger partial charge >= 0.3 is 0 Å². The molecule has 2 atom stereocenters. The van der Waals surface area contributed by atoms with Gasteiger partial charge in [0.25, 0.3) is 0 Å². The van der Waals surface area contributed by atoms with Gasteiger partial charge in [0.2, 0.25) is 0 Å². The predicted octanol–water partition coefficient (Wildman–Crippen LogP) is 2.89. The first-order valence-electron chi connectivity index (χ1n) is 7.20. The van der Waals surface area contributed by atoms with Gasteiger partial charge in [0, 0.05) is 18.6 Å². The van der Waals surface area contributed by atoms with Gasteiger partial charge in [-0.1, -0.05) is 27.7 Å². The molecular weight excluding hydrogens is 196 g/mol. The van der Waals surface area contributed by atoms with Crippen molar-refractivity contribution in [1.29, 1.82) is 0 Å². The van der Waals surface area contributed by atoms with E-state index < -0.39 is 0 Å². The van der Waals surface area contributed by atoms with E-state index in [1.54, 1.807) is 0 Å². The van der Waals surface area contributed by atoms with Crippen LogP contribution in [-0.2, 0) is 0 Å². The van der Waals surface area contributed by atoms with Crippen molar-refractivity contribution in [2.45, 2.75) is 65.5 Å². The maximum atomic E-state index is 3.69. The van der Waals surface area contributed by atoms with Crippen LogP contribution in [0.3, 0.4) is 0 Å². The van der Waals surface area contributed by atoms with Crippen molar-refractivity contribution in [3.8, 4) is 0 Å². The van der Waals surface area contributed by atoms with Crippen LogP contribution in [0, 0.1) is 5.92 Å². The van der Waals surface area contributed by atoms with Gasteiger partial charge in [0.15, 0.2) is 0 Å². The Hall–Kier alpha value is -0.0800. The lowest BCUT2D eigenvalue weighted by Gasteiger charge is -2.41. The SMILES string of the molecule is CCCNC1CCN(C(CC)CC)CC1C. The van der Waals surface area contributed by atoms with E-state index in [0.717, 1.165) is 18.0 Å². The number of nitrogens with zero attached hydrogens (tertiary/aromatic N) is 1. The third-order valence-electron chi connectivity index (χ3n) is 4.05. The molecule has 1 rings (SSSR count). The molecule has 2 nitrogen and oxygen atoms in total. The van der Waals surface area contributed by atoms with Gasteiger partial charge in [0.1, 0.15) is 0 Å². The molecule has 1 saturated heterocycles. The van der Waals surface area contributed by atoms with Crippen molar-refractivity contribution in [3.63, 3.8) is 0 Å². The molecule has 96 valence electrons. The maximum absolute atomic E-state index is 3.69. The van der Waals surface area contributed by atoms with Crippen LogP contribution < -0.4 is 5.32 Å². The van der Waals surface area contributed by atoms with Gasteiger partial charge in [-0.3, -0.25) is 0 Å². The van der Waals surface area contributed by atoms with Crippen LogP contribution in [-0.4, -0.2) is 36.6 Å². The lowest BCUT2D eigenvalue weighted by atomic mass is 9.92. The zero-order valence-electron chi connectivity index (χ0n) is 11.6. The molecule has 2 heteroatoms. The van der Waals surface area contributed by atoms with E-state index in [1.165, 1.54) is 45.3 Å². The molecule has 1 fully saturated rings. The molecule has 0 spiro atoms. The summed E-state index contributed by atoms with van der Waals surface area (Å²) < 4.78 is 0. The number of piperidine rings is 1. The van der Waals surface area contributed by atoms with Gasteiger partial charge in [-0.25, -0.2) is 0 Å². The fourth-order valence-electron chi connectivity index (χ4n) is 2.95. The summed E-state index contributed by atoms with van der Waals surface area (Å²) in [6.07, 6.45) is 5.18. The molecule has 0 amide bonds. The summed E-state index contributed by atoms with van der Waals surface area (Å²) in [4.78, 5) is 2.70. The fraction of sp³-hybridized carbons (Fsp3) is 1.00. The van der Waals surface area contributed by atoms with Crippen LogP contribution in [0.15, 0.2) is 0 Å². The van der Waals surface area contributed by atoms with Crippen LogP contribution in [0.1, 0.15) is 53.4 Å². The second-order valence-corrected chi connectivity index (χ2v) is 5.29. The monoisotopic (exact) mass is 226 g/mol. The molecule has 2 unspecified atom stereocenters. The first-order valence-corrected chi connectivity index (χ1v) is 7.20. The quantitative estimate of drug-likeness (QED) is 0.749. The molecule has 16 heavy (non-hydrogen) atoms. The lowest BCUT2D eigenvalue weighted by Crippen LogP contribution is -2.51. The van der Waals surface area contributed by atoms with E-state index in [0.29, 0.717) is 0 Å². The van der Waals surface area contributed by atoms with Gasteiger partial charge in [0.05, 0.1) is 0 Å². The molecule has 1 aliphatic heterocycles. The highest BCUT2D eigenvalue weighted by Gasteiger charge is 2.28. The molecule has 0 aromatic carbocycles. The van der Waals surface area contributed by atoms with Crippen molar-refractivity contribution in [3.05, 3.63) is 0 Å². The fourth-order valence-corrected chi connectivity index (χ4v) is 2.95. The molecule has 0 radical (unpaired) electrons. The Morgan fingerprint density at radius 3 is 2.44 bits per heavy atom. The normalized spacial score (nSPS) is 27.6. The maximum Gasteiger partial charge on any atom is 0.0117 e. The summed E-state index contributed by atoms with van der Waals surface area (Å²) in [6.45, 7) is 13.0. The third-order valence-corrected chi connectivity index (χ3v) is 4.05. The van der Waals surface area contributed by atoms with E-state index in [-0.39, 0.29) is 0 Å². The number of nitrogens with one attached hydrogen (secondary N) is 1. The number of likely N-dealkylation sites (tertiary alicyclic amines) is 1. The highest BCUT2D eigenvalue weighted by atomic mass is 15.2. The van der Waals surface area contributed by atoms with E-state index in [2.05, 4.69) is 37.9 Å². The van der Waals surface area contributed by atoms with E-state index in [4.69, 9.17) is 0 Å². The summed E-state index contributed by atoms with van der Waals surface area (Å²) in [5, 5.41) is 3.69. The smallest absolute Gasteiger partial charge is 0.0117 e. The minimum Gasteiger partial charge on any atom is -0.314 e. The Kier molecular flexibility index (Phi) is 6.37. The van der Waals surface area contributed by atoms with Crippen LogP contribution in [0.4, 0.5) is 0 Å². The van der Waals surface area contributed by atoms with Gasteiger partial charge < -0.3 is 10.2 Å². The summed E-state index contributed by atoms with van der Waals surface area (Å²) in [5.74, 6) is 0.806. The Morgan fingerprint density at radius 2 is 1.94 bits per heavy atom. The predicted molar refractivity (Wildman–Crippen MR) is 71.8 cm³/mol.